The fourth-order valence-corrected chi connectivity index (χ4v) is 3.64. The highest BCUT2D eigenvalue weighted by Gasteiger charge is 2.26. The highest BCUT2D eigenvalue weighted by atomic mass is 35.5. The Morgan fingerprint density at radius 1 is 1.33 bits per heavy atom. The summed E-state index contributed by atoms with van der Waals surface area (Å²) in [4.78, 5) is 18.9. The fraction of sp³-hybridized carbons (Fsp3) is 0.474. The summed E-state index contributed by atoms with van der Waals surface area (Å²) in [7, 11) is 1.65. The summed E-state index contributed by atoms with van der Waals surface area (Å²) in [5.41, 5.74) is 1.73. The number of methoxy groups -OCH3 is 1. The van der Waals surface area contributed by atoms with E-state index in [2.05, 4.69) is 4.98 Å². The van der Waals surface area contributed by atoms with Gasteiger partial charge in [-0.05, 0) is 37.1 Å². The normalized spacial score (nSPS) is 15.0. The topological polar surface area (TPSA) is 42.4 Å². The summed E-state index contributed by atoms with van der Waals surface area (Å²) < 4.78 is 5.29. The lowest BCUT2D eigenvalue weighted by Crippen LogP contribution is -2.37. The number of rotatable bonds is 5. The van der Waals surface area contributed by atoms with Gasteiger partial charge in [-0.2, -0.15) is 0 Å². The van der Waals surface area contributed by atoms with E-state index in [9.17, 15) is 4.79 Å². The van der Waals surface area contributed by atoms with Crippen LogP contribution in [-0.4, -0.2) is 28.9 Å². The van der Waals surface area contributed by atoms with E-state index in [1.165, 1.54) is 12.8 Å². The van der Waals surface area contributed by atoms with Gasteiger partial charge in [0.15, 0.2) is 0 Å². The Hall–Kier alpha value is -1.81. The number of carbonyl (C=O) groups is 1. The monoisotopic (exact) mass is 346 g/mol. The number of aromatic nitrogens is 1. The second kappa shape index (κ2) is 7.39. The van der Waals surface area contributed by atoms with Crippen molar-refractivity contribution < 1.29 is 9.53 Å². The van der Waals surface area contributed by atoms with Gasteiger partial charge in [0.1, 0.15) is 10.9 Å². The number of hydrogen-bond acceptors (Lipinski definition) is 3. The number of fused-ring (bicyclic) bond motifs is 1. The molecule has 1 aliphatic carbocycles. The molecule has 0 aliphatic heterocycles. The number of carbonyl (C=O) groups excluding carboxylic acids is 1. The van der Waals surface area contributed by atoms with Gasteiger partial charge in [-0.1, -0.05) is 31.4 Å². The summed E-state index contributed by atoms with van der Waals surface area (Å²) in [5.74, 6) is 0.971. The zero-order valence-electron chi connectivity index (χ0n) is 14.2. The molecule has 0 atom stereocenters. The van der Waals surface area contributed by atoms with Gasteiger partial charge in [0.05, 0.1) is 12.6 Å². The summed E-state index contributed by atoms with van der Waals surface area (Å²) in [5, 5.41) is 1.45. The van der Waals surface area contributed by atoms with Crippen LogP contribution in [0.5, 0.6) is 5.75 Å². The van der Waals surface area contributed by atoms with Crippen LogP contribution in [0.2, 0.25) is 5.15 Å². The molecule has 0 bridgehead atoms. The van der Waals surface area contributed by atoms with Crippen molar-refractivity contribution >= 4 is 28.4 Å². The molecule has 3 rings (SSSR count). The minimum Gasteiger partial charge on any atom is -0.497 e. The number of hydrogen-bond donors (Lipinski definition) is 0. The predicted molar refractivity (Wildman–Crippen MR) is 96.4 cm³/mol. The molecule has 4 nitrogen and oxygen atoms in total. The molecule has 0 unspecified atom stereocenters. The van der Waals surface area contributed by atoms with Gasteiger partial charge in [-0.25, -0.2) is 4.98 Å². The number of halogens is 1. The van der Waals surface area contributed by atoms with Gasteiger partial charge in [-0.15, -0.1) is 0 Å². The Kier molecular flexibility index (Phi) is 5.24. The molecule has 1 aromatic carbocycles. The molecule has 1 heterocycles. The second-order valence-electron chi connectivity index (χ2n) is 6.31. The lowest BCUT2D eigenvalue weighted by atomic mass is 10.1. The van der Waals surface area contributed by atoms with Crippen molar-refractivity contribution in [3.05, 3.63) is 35.0 Å². The van der Waals surface area contributed by atoms with Crippen LogP contribution in [0.4, 0.5) is 0 Å². The quantitative estimate of drug-likeness (QED) is 0.744. The van der Waals surface area contributed by atoms with Crippen molar-refractivity contribution in [2.45, 2.75) is 51.6 Å². The SMILES string of the molecule is CCC(=O)N(Cc1cc2cc(OC)ccc2nc1Cl)C1CCCC1. The smallest absolute Gasteiger partial charge is 0.222 e. The molecular weight excluding hydrogens is 324 g/mol. The molecular formula is C19H23ClN2O2. The summed E-state index contributed by atoms with van der Waals surface area (Å²) in [6.07, 6.45) is 5.07. The number of ether oxygens (including phenoxy) is 1. The molecule has 0 spiro atoms. The zero-order chi connectivity index (χ0) is 17.1. The van der Waals surface area contributed by atoms with Crippen LogP contribution < -0.4 is 4.74 Å². The first kappa shape index (κ1) is 17.0. The fourth-order valence-electron chi connectivity index (χ4n) is 3.44. The molecule has 1 amide bonds. The Morgan fingerprint density at radius 3 is 2.75 bits per heavy atom. The number of amides is 1. The summed E-state index contributed by atoms with van der Waals surface area (Å²) in [6, 6.07) is 8.07. The van der Waals surface area contributed by atoms with Crippen molar-refractivity contribution in [3.8, 4) is 5.75 Å². The van der Waals surface area contributed by atoms with Gasteiger partial charge in [-0.3, -0.25) is 4.79 Å². The zero-order valence-corrected chi connectivity index (χ0v) is 15.0. The van der Waals surface area contributed by atoms with E-state index in [4.69, 9.17) is 16.3 Å². The third kappa shape index (κ3) is 3.48. The van der Waals surface area contributed by atoms with Crippen LogP contribution in [0.15, 0.2) is 24.3 Å². The maximum Gasteiger partial charge on any atom is 0.222 e. The van der Waals surface area contributed by atoms with Gasteiger partial charge in [0, 0.05) is 30.0 Å². The second-order valence-corrected chi connectivity index (χ2v) is 6.67. The molecule has 1 saturated carbocycles. The van der Waals surface area contributed by atoms with Crippen molar-refractivity contribution in [1.82, 2.24) is 9.88 Å². The van der Waals surface area contributed by atoms with E-state index in [1.54, 1.807) is 7.11 Å². The van der Waals surface area contributed by atoms with E-state index >= 15 is 0 Å². The van der Waals surface area contributed by atoms with Gasteiger partial charge in [0.2, 0.25) is 5.91 Å². The van der Waals surface area contributed by atoms with Crippen molar-refractivity contribution in [2.75, 3.05) is 7.11 Å². The number of benzene rings is 1. The minimum atomic E-state index is 0.184. The number of pyridine rings is 1. The lowest BCUT2D eigenvalue weighted by molar-refractivity contribution is -0.133. The van der Waals surface area contributed by atoms with E-state index in [-0.39, 0.29) is 5.91 Å². The van der Waals surface area contributed by atoms with Crippen molar-refractivity contribution in [2.24, 2.45) is 0 Å². The number of nitrogens with zero attached hydrogens (tertiary/aromatic N) is 2. The molecule has 1 fully saturated rings. The van der Waals surface area contributed by atoms with Crippen molar-refractivity contribution in [3.63, 3.8) is 0 Å². The van der Waals surface area contributed by atoms with E-state index < -0.39 is 0 Å². The molecule has 0 N–H and O–H groups in total. The van der Waals surface area contributed by atoms with Crippen LogP contribution in [0, 0.1) is 0 Å². The van der Waals surface area contributed by atoms with E-state index in [0.29, 0.717) is 24.2 Å². The van der Waals surface area contributed by atoms with Crippen LogP contribution >= 0.6 is 11.6 Å². The minimum absolute atomic E-state index is 0.184. The average molecular weight is 347 g/mol. The van der Waals surface area contributed by atoms with Crippen molar-refractivity contribution in [1.29, 1.82) is 0 Å². The van der Waals surface area contributed by atoms with Gasteiger partial charge >= 0.3 is 0 Å². The third-order valence-electron chi connectivity index (χ3n) is 4.78. The predicted octanol–water partition coefficient (Wildman–Crippen LogP) is 4.58. The van der Waals surface area contributed by atoms with E-state index in [0.717, 1.165) is 35.1 Å². The molecule has 5 heteroatoms. The maximum absolute atomic E-state index is 12.4. The van der Waals surface area contributed by atoms with E-state index in [1.807, 2.05) is 36.1 Å². The van der Waals surface area contributed by atoms with Crippen LogP contribution in [0.1, 0.15) is 44.6 Å². The van der Waals surface area contributed by atoms with Gasteiger partial charge in [0.25, 0.3) is 0 Å². The molecule has 1 aromatic heterocycles. The average Bonchev–Trinajstić information content (AvgIpc) is 3.13. The summed E-state index contributed by atoms with van der Waals surface area (Å²) in [6.45, 7) is 2.44. The maximum atomic E-state index is 12.4. The Labute approximate surface area is 147 Å². The molecule has 1 aliphatic rings. The summed E-state index contributed by atoms with van der Waals surface area (Å²) >= 11 is 6.40. The molecule has 0 saturated heterocycles. The Bertz CT molecular complexity index is 741. The first-order chi connectivity index (χ1) is 11.6. The Morgan fingerprint density at radius 2 is 2.08 bits per heavy atom. The molecule has 128 valence electrons. The first-order valence-electron chi connectivity index (χ1n) is 8.55. The lowest BCUT2D eigenvalue weighted by Gasteiger charge is -2.29. The first-order valence-corrected chi connectivity index (χ1v) is 8.92. The Balaban J connectivity index is 1.93. The molecule has 0 radical (unpaired) electrons. The third-order valence-corrected chi connectivity index (χ3v) is 5.10. The van der Waals surface area contributed by atoms with Gasteiger partial charge < -0.3 is 9.64 Å². The molecule has 2 aromatic rings. The standard InChI is InChI=1S/C19H23ClN2O2/c1-3-18(23)22(15-6-4-5-7-15)12-14-10-13-11-16(24-2)8-9-17(13)21-19(14)20/h8-11,15H,3-7,12H2,1-2H3. The van der Waals surface area contributed by atoms with Crippen LogP contribution in [0.3, 0.4) is 0 Å². The van der Waals surface area contributed by atoms with Crippen LogP contribution in [0.25, 0.3) is 10.9 Å². The highest BCUT2D eigenvalue weighted by Crippen LogP contribution is 2.29. The molecule has 24 heavy (non-hydrogen) atoms. The van der Waals surface area contributed by atoms with Crippen LogP contribution in [-0.2, 0) is 11.3 Å². The largest absolute Gasteiger partial charge is 0.497 e. The highest BCUT2D eigenvalue weighted by molar-refractivity contribution is 6.30.